The first kappa shape index (κ1) is 13.1. The number of hydrogen-bond donors (Lipinski definition) is 1. The zero-order chi connectivity index (χ0) is 13.9. The number of benzene rings is 1. The number of imidazole rings is 1. The van der Waals surface area contributed by atoms with Gasteiger partial charge in [-0.25, -0.2) is 9.66 Å². The summed E-state index contributed by atoms with van der Waals surface area (Å²) in [5.74, 6) is 6.45. The second-order valence-electron chi connectivity index (χ2n) is 4.71. The molecule has 0 unspecified atom stereocenters. The van der Waals surface area contributed by atoms with Crippen LogP contribution in [0.1, 0.15) is 6.42 Å². The molecule has 0 aliphatic carbocycles. The third-order valence-corrected chi connectivity index (χ3v) is 4.25. The van der Waals surface area contributed by atoms with Gasteiger partial charge in [-0.05, 0) is 6.42 Å². The second kappa shape index (κ2) is 5.58. The van der Waals surface area contributed by atoms with Crippen LogP contribution in [0.5, 0.6) is 0 Å². The Balaban J connectivity index is 1.68. The molecule has 0 atom stereocenters. The van der Waals surface area contributed by atoms with Crippen molar-refractivity contribution in [1.82, 2.24) is 14.6 Å². The van der Waals surface area contributed by atoms with Crippen molar-refractivity contribution in [2.75, 3.05) is 24.7 Å². The van der Waals surface area contributed by atoms with Crippen LogP contribution in [0.2, 0.25) is 0 Å². The molecule has 0 bridgehead atoms. The standard InChI is InChI=1S/C14H16N4OS/c15-18-9-12(11-5-2-1-3-6-11)16-14(18)20-10-13(19)17-7-4-8-17/h1-3,5-6,9H,4,7-8,10,15H2. The topological polar surface area (TPSA) is 64.2 Å². The van der Waals surface area contributed by atoms with Crippen LogP contribution >= 0.6 is 11.8 Å². The van der Waals surface area contributed by atoms with Gasteiger partial charge in [-0.2, -0.15) is 0 Å². The van der Waals surface area contributed by atoms with E-state index in [1.807, 2.05) is 35.2 Å². The SMILES string of the molecule is Nn1cc(-c2ccccc2)nc1SCC(=O)N1CCC1. The molecular weight excluding hydrogens is 272 g/mol. The van der Waals surface area contributed by atoms with Gasteiger partial charge in [0.15, 0.2) is 5.16 Å². The largest absolute Gasteiger partial charge is 0.342 e. The first-order chi connectivity index (χ1) is 9.74. The molecule has 1 amide bonds. The average molecular weight is 288 g/mol. The zero-order valence-corrected chi connectivity index (χ0v) is 11.8. The molecule has 1 aromatic carbocycles. The van der Waals surface area contributed by atoms with E-state index in [0.717, 1.165) is 30.8 Å². The van der Waals surface area contributed by atoms with E-state index in [2.05, 4.69) is 4.98 Å². The van der Waals surface area contributed by atoms with Crippen molar-refractivity contribution in [1.29, 1.82) is 0 Å². The third-order valence-electron chi connectivity index (χ3n) is 3.30. The van der Waals surface area contributed by atoms with Crippen molar-refractivity contribution < 1.29 is 4.79 Å². The fourth-order valence-electron chi connectivity index (χ4n) is 2.01. The molecule has 1 saturated heterocycles. The summed E-state index contributed by atoms with van der Waals surface area (Å²) in [4.78, 5) is 18.2. The van der Waals surface area contributed by atoms with Gasteiger partial charge in [-0.1, -0.05) is 42.1 Å². The molecular formula is C14H16N4OS. The van der Waals surface area contributed by atoms with Crippen molar-refractivity contribution in [2.45, 2.75) is 11.6 Å². The summed E-state index contributed by atoms with van der Waals surface area (Å²) in [5.41, 5.74) is 1.85. The predicted molar refractivity (Wildman–Crippen MR) is 79.7 cm³/mol. The van der Waals surface area contributed by atoms with Crippen LogP contribution in [-0.4, -0.2) is 39.3 Å². The van der Waals surface area contributed by atoms with Crippen molar-refractivity contribution in [3.8, 4) is 11.3 Å². The number of nitrogens with zero attached hydrogens (tertiary/aromatic N) is 3. The summed E-state index contributed by atoms with van der Waals surface area (Å²) >= 11 is 1.38. The van der Waals surface area contributed by atoms with Gasteiger partial charge < -0.3 is 10.7 Å². The molecule has 0 radical (unpaired) electrons. The number of thioether (sulfide) groups is 1. The average Bonchev–Trinajstić information content (AvgIpc) is 2.77. The first-order valence-corrected chi connectivity index (χ1v) is 7.53. The Morgan fingerprint density at radius 2 is 2.05 bits per heavy atom. The van der Waals surface area contributed by atoms with E-state index in [0.29, 0.717) is 10.9 Å². The maximum atomic E-state index is 11.8. The summed E-state index contributed by atoms with van der Waals surface area (Å²) in [6.07, 6.45) is 2.89. The Morgan fingerprint density at radius 1 is 1.30 bits per heavy atom. The van der Waals surface area contributed by atoms with Gasteiger partial charge >= 0.3 is 0 Å². The van der Waals surface area contributed by atoms with E-state index in [9.17, 15) is 4.79 Å². The van der Waals surface area contributed by atoms with Gasteiger partial charge in [0.25, 0.3) is 0 Å². The van der Waals surface area contributed by atoms with Crippen molar-refractivity contribution in [2.24, 2.45) is 0 Å². The Labute approximate surface area is 121 Å². The molecule has 20 heavy (non-hydrogen) atoms. The van der Waals surface area contributed by atoms with Gasteiger partial charge in [0.2, 0.25) is 5.91 Å². The molecule has 0 saturated carbocycles. The number of hydrogen-bond acceptors (Lipinski definition) is 4. The van der Waals surface area contributed by atoms with E-state index in [1.54, 1.807) is 6.20 Å². The van der Waals surface area contributed by atoms with Crippen molar-refractivity contribution >= 4 is 17.7 Å². The molecule has 0 spiro atoms. The van der Waals surface area contributed by atoms with E-state index in [-0.39, 0.29) is 5.91 Å². The third kappa shape index (κ3) is 2.65. The number of carbonyl (C=O) groups is 1. The Bertz CT molecular complexity index is 607. The highest BCUT2D eigenvalue weighted by Gasteiger charge is 2.20. The van der Waals surface area contributed by atoms with Gasteiger partial charge in [0.1, 0.15) is 0 Å². The zero-order valence-electron chi connectivity index (χ0n) is 11.0. The minimum atomic E-state index is 0.158. The molecule has 104 valence electrons. The lowest BCUT2D eigenvalue weighted by molar-refractivity contribution is -0.131. The number of amides is 1. The monoisotopic (exact) mass is 288 g/mol. The maximum Gasteiger partial charge on any atom is 0.233 e. The number of aromatic nitrogens is 2. The predicted octanol–water partition coefficient (Wildman–Crippen LogP) is 1.59. The highest BCUT2D eigenvalue weighted by Crippen LogP contribution is 2.23. The van der Waals surface area contributed by atoms with Gasteiger partial charge in [-0.15, -0.1) is 0 Å². The Morgan fingerprint density at radius 3 is 2.70 bits per heavy atom. The summed E-state index contributed by atoms with van der Waals surface area (Å²) in [6, 6.07) is 9.87. The fourth-order valence-corrected chi connectivity index (χ4v) is 2.81. The van der Waals surface area contributed by atoms with Crippen LogP contribution in [0.25, 0.3) is 11.3 Å². The lowest BCUT2D eigenvalue weighted by Crippen LogP contribution is -2.43. The quantitative estimate of drug-likeness (QED) is 0.685. The van der Waals surface area contributed by atoms with Crippen LogP contribution in [-0.2, 0) is 4.79 Å². The van der Waals surface area contributed by atoms with Crippen LogP contribution < -0.4 is 5.84 Å². The molecule has 2 aromatic rings. The summed E-state index contributed by atoms with van der Waals surface area (Å²) in [6.45, 7) is 1.76. The van der Waals surface area contributed by atoms with Gasteiger partial charge in [-0.3, -0.25) is 4.79 Å². The summed E-state index contributed by atoms with van der Waals surface area (Å²) in [7, 11) is 0. The van der Waals surface area contributed by atoms with Crippen molar-refractivity contribution in [3.63, 3.8) is 0 Å². The number of nitrogens with two attached hydrogens (primary N) is 1. The molecule has 1 fully saturated rings. The van der Waals surface area contributed by atoms with Crippen LogP contribution in [0, 0.1) is 0 Å². The molecule has 1 aromatic heterocycles. The molecule has 2 N–H and O–H groups in total. The number of rotatable bonds is 4. The van der Waals surface area contributed by atoms with Crippen molar-refractivity contribution in [3.05, 3.63) is 36.5 Å². The van der Waals surface area contributed by atoms with Crippen LogP contribution in [0.4, 0.5) is 0 Å². The Kier molecular flexibility index (Phi) is 3.64. The van der Waals surface area contributed by atoms with Crippen LogP contribution in [0.15, 0.2) is 41.7 Å². The van der Waals surface area contributed by atoms with E-state index in [1.165, 1.54) is 16.4 Å². The minimum Gasteiger partial charge on any atom is -0.342 e. The number of nitrogen functional groups attached to an aromatic ring is 1. The molecule has 6 heteroatoms. The normalized spacial score (nSPS) is 14.1. The maximum absolute atomic E-state index is 11.8. The fraction of sp³-hybridized carbons (Fsp3) is 0.286. The van der Waals surface area contributed by atoms with E-state index in [4.69, 9.17) is 5.84 Å². The summed E-state index contributed by atoms with van der Waals surface area (Å²) < 4.78 is 1.48. The molecule has 2 heterocycles. The van der Waals surface area contributed by atoms with E-state index < -0.39 is 0 Å². The van der Waals surface area contributed by atoms with Gasteiger partial charge in [0, 0.05) is 18.7 Å². The molecule has 5 nitrogen and oxygen atoms in total. The number of carbonyl (C=O) groups excluding carboxylic acids is 1. The van der Waals surface area contributed by atoms with Gasteiger partial charge in [0.05, 0.1) is 17.6 Å². The molecule has 1 aliphatic rings. The van der Waals surface area contributed by atoms with Crippen LogP contribution in [0.3, 0.4) is 0 Å². The summed E-state index contributed by atoms with van der Waals surface area (Å²) in [5, 5.41) is 0.665. The first-order valence-electron chi connectivity index (χ1n) is 6.54. The highest BCUT2D eigenvalue weighted by molar-refractivity contribution is 7.99. The Hall–Kier alpha value is -1.95. The smallest absolute Gasteiger partial charge is 0.233 e. The number of likely N-dealkylation sites (tertiary alicyclic amines) is 1. The molecule has 3 rings (SSSR count). The second-order valence-corrected chi connectivity index (χ2v) is 5.65. The lowest BCUT2D eigenvalue weighted by Gasteiger charge is -2.30. The molecule has 1 aliphatic heterocycles. The minimum absolute atomic E-state index is 0.158. The highest BCUT2D eigenvalue weighted by atomic mass is 32.2. The lowest BCUT2D eigenvalue weighted by atomic mass is 10.2. The van der Waals surface area contributed by atoms with E-state index >= 15 is 0 Å².